The van der Waals surface area contributed by atoms with E-state index in [0.29, 0.717) is 17.4 Å². The fourth-order valence-electron chi connectivity index (χ4n) is 3.61. The van der Waals surface area contributed by atoms with Gasteiger partial charge in [0.15, 0.2) is 11.0 Å². The number of hydrogen-bond acceptors (Lipinski definition) is 5. The molecule has 0 aliphatic carbocycles. The summed E-state index contributed by atoms with van der Waals surface area (Å²) in [5.41, 5.74) is 2.97. The Labute approximate surface area is 198 Å². The monoisotopic (exact) mass is 478 g/mol. The third-order valence-corrected chi connectivity index (χ3v) is 7.49. The molecule has 8 heteroatoms. The summed E-state index contributed by atoms with van der Waals surface area (Å²) in [4.78, 5) is 12.7. The summed E-state index contributed by atoms with van der Waals surface area (Å²) < 4.78 is 4.70. The first-order valence-electron chi connectivity index (χ1n) is 10.1. The number of thiazole rings is 1. The van der Waals surface area contributed by atoms with Gasteiger partial charge in [-0.1, -0.05) is 83.2 Å². The smallest absolute Gasteiger partial charge is 0.291 e. The highest BCUT2D eigenvalue weighted by Crippen LogP contribution is 2.35. The molecule has 160 valence electrons. The maximum Gasteiger partial charge on any atom is 0.308 e. The van der Waals surface area contributed by atoms with E-state index in [-0.39, 0.29) is 10.1 Å². The number of rotatable bonds is 6. The second-order valence-corrected chi connectivity index (χ2v) is 10.0. The fraction of sp³-hybridized carbons (Fsp3) is 0.125. The van der Waals surface area contributed by atoms with E-state index >= 15 is 0 Å². The second-order valence-electron chi connectivity index (χ2n) is 7.31. The molecule has 0 saturated carbocycles. The molecular formula is C24H19ClN4OS2. The average Bonchev–Trinajstić information content (AvgIpc) is 3.35. The minimum Gasteiger partial charge on any atom is -0.291 e. The Morgan fingerprint density at radius 2 is 1.78 bits per heavy atom. The first-order valence-corrected chi connectivity index (χ1v) is 12.2. The first-order chi connectivity index (χ1) is 15.6. The van der Waals surface area contributed by atoms with Crippen LogP contribution in [0.15, 0.2) is 88.8 Å². The molecule has 0 spiro atoms. The van der Waals surface area contributed by atoms with Gasteiger partial charge in [0.2, 0.25) is 0 Å². The zero-order valence-corrected chi connectivity index (χ0v) is 19.6. The Kier molecular flexibility index (Phi) is 5.87. The number of hydrogen-bond donors (Lipinski definition) is 0. The summed E-state index contributed by atoms with van der Waals surface area (Å²) in [5.74, 6) is 0.681. The molecule has 1 atom stereocenters. The second kappa shape index (κ2) is 8.94. The lowest BCUT2D eigenvalue weighted by Gasteiger charge is -2.14. The van der Waals surface area contributed by atoms with Crippen molar-refractivity contribution in [3.05, 3.63) is 105 Å². The molecule has 0 saturated heterocycles. The van der Waals surface area contributed by atoms with Crippen LogP contribution >= 0.6 is 34.7 Å². The van der Waals surface area contributed by atoms with E-state index in [1.54, 1.807) is 16.3 Å². The normalized spacial score (nSPS) is 12.3. The Morgan fingerprint density at radius 3 is 2.59 bits per heavy atom. The summed E-state index contributed by atoms with van der Waals surface area (Å²) in [6.45, 7) is 2.47. The fourth-order valence-corrected chi connectivity index (χ4v) is 5.70. The molecule has 32 heavy (non-hydrogen) atoms. The Bertz CT molecular complexity index is 1440. The molecular weight excluding hydrogens is 460 g/mol. The summed E-state index contributed by atoms with van der Waals surface area (Å²) in [5, 5.41) is 10.5. The van der Waals surface area contributed by atoms with Crippen molar-refractivity contribution >= 4 is 44.9 Å². The number of thioether (sulfide) groups is 1. The zero-order valence-electron chi connectivity index (χ0n) is 17.2. The highest BCUT2D eigenvalue weighted by molar-refractivity contribution is 7.99. The molecule has 2 heterocycles. The van der Waals surface area contributed by atoms with Gasteiger partial charge in [-0.15, -0.1) is 10.2 Å². The third kappa shape index (κ3) is 4.11. The van der Waals surface area contributed by atoms with Gasteiger partial charge in [-0.2, -0.15) is 0 Å². The van der Waals surface area contributed by atoms with Gasteiger partial charge in [0.25, 0.3) is 0 Å². The van der Waals surface area contributed by atoms with Gasteiger partial charge < -0.3 is 0 Å². The summed E-state index contributed by atoms with van der Waals surface area (Å²) in [6.07, 6.45) is 0. The van der Waals surface area contributed by atoms with Gasteiger partial charge in [-0.25, -0.2) is 0 Å². The van der Waals surface area contributed by atoms with Crippen LogP contribution in [-0.4, -0.2) is 19.3 Å². The van der Waals surface area contributed by atoms with Crippen LogP contribution in [0.4, 0.5) is 0 Å². The van der Waals surface area contributed by atoms with Gasteiger partial charge >= 0.3 is 4.87 Å². The standard InChI is InChI=1S/C24H19ClN4OS2/c1-16(17-8-3-2-4-9-17)31-23-27-26-22(29(23)19-11-7-10-18(25)14-19)15-28-20-12-5-6-13-21(20)32-24(28)30/h2-14,16H,15H2,1H3. The van der Waals surface area contributed by atoms with Crippen LogP contribution in [0.2, 0.25) is 5.02 Å². The molecule has 2 aromatic heterocycles. The van der Waals surface area contributed by atoms with Gasteiger partial charge in [0.05, 0.1) is 22.4 Å². The predicted octanol–water partition coefficient (Wildman–Crippen LogP) is 6.20. The average molecular weight is 479 g/mol. The molecule has 0 bridgehead atoms. The van der Waals surface area contributed by atoms with Crippen LogP contribution in [-0.2, 0) is 6.54 Å². The minimum atomic E-state index is -0.0151. The van der Waals surface area contributed by atoms with Gasteiger partial charge in [-0.05, 0) is 42.8 Å². The van der Waals surface area contributed by atoms with Crippen molar-refractivity contribution in [3.8, 4) is 5.69 Å². The molecule has 3 aromatic carbocycles. The zero-order chi connectivity index (χ0) is 22.1. The van der Waals surface area contributed by atoms with E-state index in [2.05, 4.69) is 29.3 Å². The van der Waals surface area contributed by atoms with Crippen LogP contribution in [0.3, 0.4) is 0 Å². The topological polar surface area (TPSA) is 52.7 Å². The molecule has 0 aliphatic heterocycles. The maximum atomic E-state index is 12.7. The highest BCUT2D eigenvalue weighted by Gasteiger charge is 2.20. The SMILES string of the molecule is CC(Sc1nnc(Cn2c(=O)sc3ccccc32)n1-c1cccc(Cl)c1)c1ccccc1. The molecule has 0 amide bonds. The van der Waals surface area contributed by atoms with Gasteiger partial charge in [-0.3, -0.25) is 13.9 Å². The lowest BCUT2D eigenvalue weighted by Crippen LogP contribution is -2.17. The van der Waals surface area contributed by atoms with E-state index < -0.39 is 0 Å². The molecule has 1 unspecified atom stereocenters. The molecule has 0 aliphatic rings. The summed E-state index contributed by atoms with van der Waals surface area (Å²) >= 11 is 9.17. The third-order valence-electron chi connectivity index (χ3n) is 5.19. The number of aromatic nitrogens is 4. The van der Waals surface area contributed by atoms with Crippen molar-refractivity contribution in [3.63, 3.8) is 0 Å². The van der Waals surface area contributed by atoms with Crippen molar-refractivity contribution in [1.29, 1.82) is 0 Å². The lowest BCUT2D eigenvalue weighted by atomic mass is 10.2. The van der Waals surface area contributed by atoms with E-state index in [1.807, 2.05) is 71.3 Å². The van der Waals surface area contributed by atoms with E-state index in [9.17, 15) is 4.79 Å². The Morgan fingerprint density at radius 1 is 1.00 bits per heavy atom. The number of halogens is 1. The predicted molar refractivity (Wildman–Crippen MR) is 132 cm³/mol. The summed E-state index contributed by atoms with van der Waals surface area (Å²) in [6, 6.07) is 25.7. The van der Waals surface area contributed by atoms with Crippen LogP contribution in [0.5, 0.6) is 0 Å². The number of benzene rings is 3. The van der Waals surface area contributed by atoms with Crippen LogP contribution in [0, 0.1) is 0 Å². The first kappa shape index (κ1) is 21.0. The number of nitrogens with zero attached hydrogens (tertiary/aromatic N) is 4. The molecule has 0 radical (unpaired) electrons. The molecule has 5 aromatic rings. The molecule has 5 nitrogen and oxygen atoms in total. The minimum absolute atomic E-state index is 0.0151. The van der Waals surface area contributed by atoms with Gasteiger partial charge in [0.1, 0.15) is 0 Å². The summed E-state index contributed by atoms with van der Waals surface area (Å²) in [7, 11) is 0. The van der Waals surface area contributed by atoms with E-state index in [4.69, 9.17) is 11.6 Å². The van der Waals surface area contributed by atoms with Crippen LogP contribution in [0.25, 0.3) is 15.9 Å². The van der Waals surface area contributed by atoms with Crippen molar-refractivity contribution in [2.75, 3.05) is 0 Å². The highest BCUT2D eigenvalue weighted by atomic mass is 35.5. The quantitative estimate of drug-likeness (QED) is 0.273. The Balaban J connectivity index is 1.58. The van der Waals surface area contributed by atoms with Crippen molar-refractivity contribution in [1.82, 2.24) is 19.3 Å². The van der Waals surface area contributed by atoms with Gasteiger partial charge in [0, 0.05) is 10.3 Å². The molecule has 0 N–H and O–H groups in total. The maximum absolute atomic E-state index is 12.7. The molecule has 0 fully saturated rings. The van der Waals surface area contributed by atoms with Crippen LogP contribution in [0.1, 0.15) is 23.6 Å². The van der Waals surface area contributed by atoms with Crippen molar-refractivity contribution in [2.45, 2.75) is 23.9 Å². The molecule has 5 rings (SSSR count). The van der Waals surface area contributed by atoms with E-state index in [1.165, 1.54) is 16.9 Å². The number of fused-ring (bicyclic) bond motifs is 1. The largest absolute Gasteiger partial charge is 0.308 e. The van der Waals surface area contributed by atoms with Crippen molar-refractivity contribution < 1.29 is 0 Å². The van der Waals surface area contributed by atoms with E-state index in [0.717, 1.165) is 21.1 Å². The van der Waals surface area contributed by atoms with Crippen LogP contribution < -0.4 is 4.87 Å². The number of para-hydroxylation sites is 1. The Hall–Kier alpha value is -2.87. The lowest BCUT2D eigenvalue weighted by molar-refractivity contribution is 0.725. The van der Waals surface area contributed by atoms with Crippen molar-refractivity contribution in [2.24, 2.45) is 0 Å².